The van der Waals surface area contributed by atoms with Crippen molar-refractivity contribution in [2.45, 2.75) is 50.3 Å². The fraction of sp³-hybridized carbons (Fsp3) is 0.556. The zero-order chi connectivity index (χ0) is 17.8. The van der Waals surface area contributed by atoms with Crippen molar-refractivity contribution in [1.29, 1.82) is 0 Å². The Labute approximate surface area is 156 Å². The molecule has 1 aromatic rings. The third-order valence-electron chi connectivity index (χ3n) is 5.00. The molecule has 1 heterocycles. The molecule has 1 aliphatic heterocycles. The van der Waals surface area contributed by atoms with E-state index in [1.165, 1.54) is 0 Å². The Balaban J connectivity index is 1.74. The summed E-state index contributed by atoms with van der Waals surface area (Å²) in [5, 5.41) is 2.70. The van der Waals surface area contributed by atoms with Gasteiger partial charge >= 0.3 is 6.03 Å². The van der Waals surface area contributed by atoms with Gasteiger partial charge in [0, 0.05) is 11.0 Å². The number of hydrogen-bond donors (Lipinski definition) is 2. The molecular weight excluding hydrogens is 386 g/mol. The average Bonchev–Trinajstić information content (AvgIpc) is 2.60. The molecule has 3 N–H and O–H groups in total. The van der Waals surface area contributed by atoms with Crippen LogP contribution in [0.4, 0.5) is 4.79 Å². The second-order valence-electron chi connectivity index (χ2n) is 6.67. The molecule has 2 fully saturated rings. The van der Waals surface area contributed by atoms with Gasteiger partial charge in [-0.15, -0.1) is 0 Å². The van der Waals surface area contributed by atoms with Crippen molar-refractivity contribution in [1.82, 2.24) is 10.2 Å². The van der Waals surface area contributed by atoms with Crippen LogP contribution in [0.25, 0.3) is 0 Å². The quantitative estimate of drug-likeness (QED) is 0.801. The standard InChI is InChI=1S/C18H24BrN3O3/c19-13-5-3-4-12(10-13)14(21-18(20)24)11-17(23)22-8-9-25-16-7-2-1-6-15(16)22/h3-5,10,14-16H,1-2,6-9,11H2,(H3,20,21,24). The van der Waals surface area contributed by atoms with E-state index in [9.17, 15) is 9.59 Å². The van der Waals surface area contributed by atoms with Gasteiger partial charge in [0.25, 0.3) is 0 Å². The van der Waals surface area contributed by atoms with E-state index in [1.54, 1.807) is 0 Å². The van der Waals surface area contributed by atoms with Gasteiger partial charge in [-0.3, -0.25) is 4.79 Å². The van der Waals surface area contributed by atoms with Crippen LogP contribution < -0.4 is 11.1 Å². The van der Waals surface area contributed by atoms with Crippen LogP contribution in [-0.2, 0) is 9.53 Å². The molecular formula is C18H24BrN3O3. The maximum absolute atomic E-state index is 13.0. The first-order chi connectivity index (χ1) is 12.0. The fourth-order valence-electron chi connectivity index (χ4n) is 3.85. The SMILES string of the molecule is NC(=O)NC(CC(=O)N1CCOC2CCCCC21)c1cccc(Br)c1. The first-order valence-electron chi connectivity index (χ1n) is 8.77. The Bertz CT molecular complexity index is 638. The van der Waals surface area contributed by atoms with Crippen LogP contribution in [0.3, 0.4) is 0 Å². The Morgan fingerprint density at radius 3 is 2.92 bits per heavy atom. The highest BCUT2D eigenvalue weighted by Crippen LogP contribution is 2.30. The summed E-state index contributed by atoms with van der Waals surface area (Å²) in [4.78, 5) is 26.3. The number of amides is 3. The molecule has 1 aromatic carbocycles. The summed E-state index contributed by atoms with van der Waals surface area (Å²) in [7, 11) is 0. The Morgan fingerprint density at radius 1 is 1.36 bits per heavy atom. The lowest BCUT2D eigenvalue weighted by Gasteiger charge is -2.44. The average molecular weight is 410 g/mol. The summed E-state index contributed by atoms with van der Waals surface area (Å²) < 4.78 is 6.74. The van der Waals surface area contributed by atoms with E-state index in [4.69, 9.17) is 10.5 Å². The normalized spacial score (nSPS) is 24.3. The molecule has 3 atom stereocenters. The molecule has 2 aliphatic rings. The Morgan fingerprint density at radius 2 is 2.16 bits per heavy atom. The highest BCUT2D eigenvalue weighted by molar-refractivity contribution is 9.10. The van der Waals surface area contributed by atoms with Gasteiger partial charge in [0.2, 0.25) is 5.91 Å². The lowest BCUT2D eigenvalue weighted by Crippen LogP contribution is -2.55. The minimum absolute atomic E-state index is 0.0407. The topological polar surface area (TPSA) is 84.7 Å². The molecule has 1 saturated heterocycles. The third kappa shape index (κ3) is 4.52. The molecule has 1 saturated carbocycles. The number of nitrogens with zero attached hydrogens (tertiary/aromatic N) is 1. The van der Waals surface area contributed by atoms with Gasteiger partial charge in [0.05, 0.1) is 31.2 Å². The minimum Gasteiger partial charge on any atom is -0.374 e. The van der Waals surface area contributed by atoms with Crippen molar-refractivity contribution in [2.75, 3.05) is 13.2 Å². The van der Waals surface area contributed by atoms with Crippen LogP contribution in [-0.4, -0.2) is 42.1 Å². The highest BCUT2D eigenvalue weighted by atomic mass is 79.9. The number of primary amides is 1. The molecule has 3 rings (SSSR count). The fourth-order valence-corrected chi connectivity index (χ4v) is 4.26. The molecule has 0 bridgehead atoms. The first-order valence-corrected chi connectivity index (χ1v) is 9.56. The van der Waals surface area contributed by atoms with E-state index in [1.807, 2.05) is 29.2 Å². The number of benzene rings is 1. The van der Waals surface area contributed by atoms with Crippen molar-refractivity contribution < 1.29 is 14.3 Å². The number of morpholine rings is 1. The molecule has 7 heteroatoms. The van der Waals surface area contributed by atoms with E-state index in [0.29, 0.717) is 13.2 Å². The third-order valence-corrected chi connectivity index (χ3v) is 5.49. The molecule has 6 nitrogen and oxygen atoms in total. The second-order valence-corrected chi connectivity index (χ2v) is 7.58. The molecule has 0 spiro atoms. The lowest BCUT2D eigenvalue weighted by molar-refractivity contribution is -0.150. The van der Waals surface area contributed by atoms with Crippen LogP contribution in [0, 0.1) is 0 Å². The number of urea groups is 1. The van der Waals surface area contributed by atoms with Crippen molar-refractivity contribution in [3.05, 3.63) is 34.3 Å². The van der Waals surface area contributed by atoms with E-state index in [-0.39, 0.29) is 24.5 Å². The van der Waals surface area contributed by atoms with E-state index in [0.717, 1.165) is 35.7 Å². The molecule has 0 radical (unpaired) electrons. The van der Waals surface area contributed by atoms with Crippen LogP contribution in [0.5, 0.6) is 0 Å². The van der Waals surface area contributed by atoms with Crippen LogP contribution in [0.15, 0.2) is 28.7 Å². The number of carbonyl (C=O) groups excluding carboxylic acids is 2. The summed E-state index contributed by atoms with van der Waals surface area (Å²) >= 11 is 3.43. The maximum Gasteiger partial charge on any atom is 0.312 e. The minimum atomic E-state index is -0.629. The Hall–Kier alpha value is -1.60. The number of hydrogen-bond acceptors (Lipinski definition) is 3. The van der Waals surface area contributed by atoms with Gasteiger partial charge in [0.1, 0.15) is 0 Å². The predicted octanol–water partition coefficient (Wildman–Crippen LogP) is 2.72. The van der Waals surface area contributed by atoms with E-state index in [2.05, 4.69) is 21.2 Å². The van der Waals surface area contributed by atoms with Gasteiger partial charge in [-0.2, -0.15) is 0 Å². The van der Waals surface area contributed by atoms with E-state index >= 15 is 0 Å². The summed E-state index contributed by atoms with van der Waals surface area (Å²) in [6.07, 6.45) is 4.64. The van der Waals surface area contributed by atoms with Gasteiger partial charge in [0.15, 0.2) is 0 Å². The largest absolute Gasteiger partial charge is 0.374 e. The maximum atomic E-state index is 13.0. The molecule has 3 amide bonds. The molecule has 0 aromatic heterocycles. The van der Waals surface area contributed by atoms with Crippen molar-refractivity contribution in [3.8, 4) is 0 Å². The molecule has 1 aliphatic carbocycles. The number of fused-ring (bicyclic) bond motifs is 1. The predicted molar refractivity (Wildman–Crippen MR) is 97.9 cm³/mol. The van der Waals surface area contributed by atoms with Crippen molar-refractivity contribution >= 4 is 27.9 Å². The number of halogens is 1. The lowest BCUT2D eigenvalue weighted by atomic mass is 9.89. The zero-order valence-corrected chi connectivity index (χ0v) is 15.7. The van der Waals surface area contributed by atoms with Gasteiger partial charge < -0.3 is 20.7 Å². The van der Waals surface area contributed by atoms with Crippen molar-refractivity contribution in [3.63, 3.8) is 0 Å². The first kappa shape index (κ1) is 18.2. The van der Waals surface area contributed by atoms with Crippen LogP contribution >= 0.6 is 15.9 Å². The summed E-state index contributed by atoms with van der Waals surface area (Å²) in [6.45, 7) is 1.19. The van der Waals surface area contributed by atoms with Crippen molar-refractivity contribution in [2.24, 2.45) is 5.73 Å². The number of rotatable bonds is 4. The van der Waals surface area contributed by atoms with Gasteiger partial charge in [-0.05, 0) is 30.5 Å². The second kappa shape index (κ2) is 8.19. The number of nitrogens with two attached hydrogens (primary N) is 1. The zero-order valence-electron chi connectivity index (χ0n) is 14.1. The van der Waals surface area contributed by atoms with Crippen LogP contribution in [0.2, 0.25) is 0 Å². The summed E-state index contributed by atoms with van der Waals surface area (Å²) in [6, 6.07) is 6.67. The summed E-state index contributed by atoms with van der Waals surface area (Å²) in [5.74, 6) is 0.0407. The smallest absolute Gasteiger partial charge is 0.312 e. The monoisotopic (exact) mass is 409 g/mol. The highest BCUT2D eigenvalue weighted by Gasteiger charge is 2.37. The number of carbonyl (C=O) groups is 2. The molecule has 25 heavy (non-hydrogen) atoms. The van der Waals surface area contributed by atoms with Gasteiger partial charge in [-0.25, -0.2) is 4.79 Å². The number of ether oxygens (including phenoxy) is 1. The summed E-state index contributed by atoms with van der Waals surface area (Å²) in [5.41, 5.74) is 6.18. The molecule has 3 unspecified atom stereocenters. The van der Waals surface area contributed by atoms with E-state index < -0.39 is 12.1 Å². The van der Waals surface area contributed by atoms with Gasteiger partial charge in [-0.1, -0.05) is 40.9 Å². The Kier molecular flexibility index (Phi) is 5.96. The number of nitrogens with one attached hydrogen (secondary N) is 1. The van der Waals surface area contributed by atoms with Crippen LogP contribution in [0.1, 0.15) is 43.7 Å². The molecule has 136 valence electrons.